The van der Waals surface area contributed by atoms with E-state index >= 15 is 0 Å². The minimum Gasteiger partial charge on any atom is -0.345 e. The van der Waals surface area contributed by atoms with Gasteiger partial charge in [0.25, 0.3) is 5.91 Å². The highest BCUT2D eigenvalue weighted by Crippen LogP contribution is 2.36. The number of carbonyl (C=O) groups excluding carboxylic acids is 2. The Bertz CT molecular complexity index is 780. The molecule has 138 valence electrons. The number of alkyl halides is 6. The van der Waals surface area contributed by atoms with Gasteiger partial charge in [0.2, 0.25) is 0 Å². The van der Waals surface area contributed by atoms with Crippen molar-refractivity contribution in [2.45, 2.75) is 12.4 Å². The highest BCUT2D eigenvalue weighted by molar-refractivity contribution is 6.02. The molecule has 0 saturated heterocycles. The lowest BCUT2D eigenvalue weighted by molar-refractivity contribution is -0.143. The zero-order chi connectivity index (χ0) is 19.5. The van der Waals surface area contributed by atoms with E-state index in [4.69, 9.17) is 0 Å². The Morgan fingerprint density at radius 1 is 0.769 bits per heavy atom. The predicted octanol–water partition coefficient (Wildman–Crippen LogP) is 4.34. The van der Waals surface area contributed by atoms with Gasteiger partial charge in [0.1, 0.15) is 0 Å². The number of carbonyl (C=O) groups is 2. The van der Waals surface area contributed by atoms with Crippen LogP contribution in [0.5, 0.6) is 0 Å². The molecule has 2 rings (SSSR count). The van der Waals surface area contributed by atoms with Crippen LogP contribution in [-0.4, -0.2) is 18.2 Å². The summed E-state index contributed by atoms with van der Waals surface area (Å²) in [6.45, 7) is -0.569. The van der Waals surface area contributed by atoms with Crippen LogP contribution in [0.2, 0.25) is 0 Å². The Morgan fingerprint density at radius 3 is 1.73 bits per heavy atom. The second-order valence-corrected chi connectivity index (χ2v) is 5.27. The van der Waals surface area contributed by atoms with Crippen molar-refractivity contribution in [3.05, 3.63) is 70.8 Å². The van der Waals surface area contributed by atoms with Crippen LogP contribution in [0.3, 0.4) is 0 Å². The molecule has 0 aliphatic heterocycles. The fourth-order valence-electron chi connectivity index (χ4n) is 2.07. The average molecular weight is 375 g/mol. The molecule has 0 spiro atoms. The van der Waals surface area contributed by atoms with Crippen molar-refractivity contribution in [1.29, 1.82) is 0 Å². The first-order valence-electron chi connectivity index (χ1n) is 7.14. The molecule has 3 nitrogen and oxygen atoms in total. The van der Waals surface area contributed by atoms with Crippen molar-refractivity contribution in [3.8, 4) is 0 Å². The summed E-state index contributed by atoms with van der Waals surface area (Å²) in [6, 6.07) is 8.23. The van der Waals surface area contributed by atoms with Gasteiger partial charge in [0.05, 0.1) is 17.7 Å². The van der Waals surface area contributed by atoms with E-state index in [1.807, 2.05) is 5.32 Å². The molecule has 0 fully saturated rings. The standard InChI is InChI=1S/C17H11F6NO2/c18-16(19,20)12-6-11(7-13(8-12)17(21,22)23)15(26)24-9-14(25)10-4-2-1-3-5-10/h1-8H,9H2,(H,24,26). The van der Waals surface area contributed by atoms with Crippen molar-refractivity contribution >= 4 is 11.7 Å². The number of benzene rings is 2. The third-order valence-corrected chi connectivity index (χ3v) is 3.36. The second-order valence-electron chi connectivity index (χ2n) is 5.27. The van der Waals surface area contributed by atoms with Crippen molar-refractivity contribution in [2.75, 3.05) is 6.54 Å². The molecule has 0 saturated carbocycles. The predicted molar refractivity (Wildman–Crippen MR) is 79.6 cm³/mol. The third kappa shape index (κ3) is 4.84. The van der Waals surface area contributed by atoms with Gasteiger partial charge in [0.15, 0.2) is 5.78 Å². The summed E-state index contributed by atoms with van der Waals surface area (Å²) in [6.07, 6.45) is -10.1. The summed E-state index contributed by atoms with van der Waals surface area (Å²) < 4.78 is 76.7. The average Bonchev–Trinajstić information content (AvgIpc) is 2.58. The Hall–Kier alpha value is -2.84. The van der Waals surface area contributed by atoms with E-state index in [1.165, 1.54) is 12.1 Å². The maximum atomic E-state index is 12.8. The van der Waals surface area contributed by atoms with E-state index in [2.05, 4.69) is 0 Å². The molecule has 0 aromatic heterocycles. The minimum absolute atomic E-state index is 0.0775. The van der Waals surface area contributed by atoms with Crippen LogP contribution in [0.1, 0.15) is 31.8 Å². The maximum absolute atomic E-state index is 12.8. The van der Waals surface area contributed by atoms with Crippen molar-refractivity contribution in [3.63, 3.8) is 0 Å². The van der Waals surface area contributed by atoms with Crippen LogP contribution in [0.4, 0.5) is 26.3 Å². The molecule has 0 unspecified atom stereocenters. The highest BCUT2D eigenvalue weighted by atomic mass is 19.4. The van der Waals surface area contributed by atoms with Gasteiger partial charge in [-0.1, -0.05) is 30.3 Å². The van der Waals surface area contributed by atoms with Gasteiger partial charge in [-0.25, -0.2) is 0 Å². The van der Waals surface area contributed by atoms with Gasteiger partial charge in [-0.2, -0.15) is 26.3 Å². The molecule has 0 bridgehead atoms. The Kier molecular flexibility index (Phi) is 5.38. The number of ketones is 1. The van der Waals surface area contributed by atoms with Gasteiger partial charge in [-0.05, 0) is 18.2 Å². The molecule has 2 aromatic rings. The van der Waals surface area contributed by atoms with Crippen LogP contribution in [0, 0.1) is 0 Å². The molecule has 0 radical (unpaired) electrons. The summed E-state index contributed by atoms with van der Waals surface area (Å²) in [5.41, 5.74) is -3.81. The lowest BCUT2D eigenvalue weighted by Crippen LogP contribution is -2.30. The first kappa shape index (κ1) is 19.5. The first-order chi connectivity index (χ1) is 12.0. The SMILES string of the molecule is O=C(CNC(=O)c1cc(C(F)(F)F)cc(C(F)(F)F)c1)c1ccccc1. The van der Waals surface area contributed by atoms with Crippen molar-refractivity contribution in [2.24, 2.45) is 0 Å². The number of halogens is 6. The van der Waals surface area contributed by atoms with Crippen molar-refractivity contribution in [1.82, 2.24) is 5.32 Å². The summed E-state index contributed by atoms with van der Waals surface area (Å²) in [7, 11) is 0. The summed E-state index contributed by atoms with van der Waals surface area (Å²) in [5.74, 6) is -1.76. The van der Waals surface area contributed by atoms with E-state index < -0.39 is 47.3 Å². The molecular formula is C17H11F6NO2. The fourth-order valence-corrected chi connectivity index (χ4v) is 2.07. The monoisotopic (exact) mass is 375 g/mol. The lowest BCUT2D eigenvalue weighted by Gasteiger charge is -2.14. The summed E-state index contributed by atoms with van der Waals surface area (Å²) in [5, 5.41) is 2.03. The normalized spacial score (nSPS) is 11.9. The summed E-state index contributed by atoms with van der Waals surface area (Å²) >= 11 is 0. The fraction of sp³-hybridized carbons (Fsp3) is 0.176. The molecule has 1 N–H and O–H groups in total. The second kappa shape index (κ2) is 7.19. The van der Waals surface area contributed by atoms with Gasteiger partial charge >= 0.3 is 12.4 Å². The first-order valence-corrected chi connectivity index (χ1v) is 7.14. The van der Waals surface area contributed by atoms with Gasteiger partial charge in [-0.15, -0.1) is 0 Å². The van der Waals surface area contributed by atoms with Crippen LogP contribution in [-0.2, 0) is 12.4 Å². The number of hydrogen-bond donors (Lipinski definition) is 1. The molecule has 0 atom stereocenters. The Labute approximate surface area is 143 Å². The molecule has 26 heavy (non-hydrogen) atoms. The van der Waals surface area contributed by atoms with E-state index in [1.54, 1.807) is 18.2 Å². The maximum Gasteiger partial charge on any atom is 0.416 e. The zero-order valence-corrected chi connectivity index (χ0v) is 12.9. The van der Waals surface area contributed by atoms with Crippen LogP contribution < -0.4 is 5.32 Å². The van der Waals surface area contributed by atoms with Crippen LogP contribution >= 0.6 is 0 Å². The third-order valence-electron chi connectivity index (χ3n) is 3.36. The van der Waals surface area contributed by atoms with Crippen molar-refractivity contribution < 1.29 is 35.9 Å². The van der Waals surface area contributed by atoms with E-state index in [-0.39, 0.29) is 11.6 Å². The quantitative estimate of drug-likeness (QED) is 0.639. The van der Waals surface area contributed by atoms with Gasteiger partial charge in [0, 0.05) is 11.1 Å². The van der Waals surface area contributed by atoms with E-state index in [0.717, 1.165) is 0 Å². The Balaban J connectivity index is 2.23. The molecule has 1 amide bonds. The topological polar surface area (TPSA) is 46.2 Å². The summed E-state index contributed by atoms with van der Waals surface area (Å²) in [4.78, 5) is 23.8. The molecule has 0 aliphatic rings. The zero-order valence-electron chi connectivity index (χ0n) is 12.9. The smallest absolute Gasteiger partial charge is 0.345 e. The van der Waals surface area contributed by atoms with E-state index in [9.17, 15) is 35.9 Å². The number of nitrogens with one attached hydrogen (secondary N) is 1. The minimum atomic E-state index is -5.06. The lowest BCUT2D eigenvalue weighted by atomic mass is 10.0. The number of hydrogen-bond acceptors (Lipinski definition) is 2. The number of amides is 1. The Morgan fingerprint density at radius 2 is 1.27 bits per heavy atom. The van der Waals surface area contributed by atoms with Gasteiger partial charge < -0.3 is 5.32 Å². The van der Waals surface area contributed by atoms with Crippen LogP contribution in [0.15, 0.2) is 48.5 Å². The molecule has 0 aliphatic carbocycles. The number of rotatable bonds is 4. The highest BCUT2D eigenvalue weighted by Gasteiger charge is 2.37. The van der Waals surface area contributed by atoms with Gasteiger partial charge in [-0.3, -0.25) is 9.59 Å². The molecule has 0 heterocycles. The largest absolute Gasteiger partial charge is 0.416 e. The number of Topliss-reactive ketones (excluding diaryl/α,β-unsaturated/α-hetero) is 1. The molecular weight excluding hydrogens is 364 g/mol. The molecule has 9 heteroatoms. The van der Waals surface area contributed by atoms with Crippen LogP contribution in [0.25, 0.3) is 0 Å². The molecule has 2 aromatic carbocycles. The van der Waals surface area contributed by atoms with E-state index in [0.29, 0.717) is 12.1 Å².